The minimum atomic E-state index is -3.89. The summed E-state index contributed by atoms with van der Waals surface area (Å²) in [5.41, 5.74) is 6.03. The molecule has 114 valence electrons. The van der Waals surface area contributed by atoms with Gasteiger partial charge in [0.1, 0.15) is 4.90 Å². The number of carbonyl (C=O) groups excluding carboxylic acids is 1. The number of sulfonamides is 1. The average Bonchev–Trinajstić information content (AvgIpc) is 2.60. The predicted octanol–water partition coefficient (Wildman–Crippen LogP) is -0.544. The third-order valence-corrected chi connectivity index (χ3v) is 4.83. The number of rotatable bonds is 5. The van der Waals surface area contributed by atoms with Crippen LogP contribution in [0, 0.1) is 6.92 Å². The molecule has 9 heteroatoms. The van der Waals surface area contributed by atoms with E-state index in [0.29, 0.717) is 12.2 Å². The van der Waals surface area contributed by atoms with Crippen LogP contribution in [0.15, 0.2) is 4.90 Å². The topological polar surface area (TPSA) is 110 Å². The number of carbonyl (C=O) groups is 1. The lowest BCUT2D eigenvalue weighted by Gasteiger charge is -2.20. The molecule has 1 aromatic rings. The van der Waals surface area contributed by atoms with Crippen molar-refractivity contribution in [2.45, 2.75) is 31.7 Å². The highest BCUT2D eigenvalue weighted by Crippen LogP contribution is 2.21. The van der Waals surface area contributed by atoms with Gasteiger partial charge in [0, 0.05) is 20.6 Å². The molecule has 0 fully saturated rings. The Kier molecular flexibility index (Phi) is 4.77. The molecule has 20 heavy (non-hydrogen) atoms. The second kappa shape index (κ2) is 5.80. The molecule has 1 heterocycles. The maximum Gasteiger partial charge on any atom is 0.246 e. The van der Waals surface area contributed by atoms with Gasteiger partial charge in [-0.2, -0.15) is 9.82 Å². The van der Waals surface area contributed by atoms with E-state index in [1.54, 1.807) is 21.0 Å². The molecule has 8 nitrogen and oxygen atoms in total. The van der Waals surface area contributed by atoms with Gasteiger partial charge >= 0.3 is 0 Å². The molecule has 0 aliphatic carbocycles. The van der Waals surface area contributed by atoms with Crippen molar-refractivity contribution in [1.82, 2.24) is 19.4 Å². The number of amides is 1. The van der Waals surface area contributed by atoms with Crippen LogP contribution in [0.25, 0.3) is 0 Å². The zero-order chi connectivity index (χ0) is 15.7. The molecule has 0 spiro atoms. The Hall–Kier alpha value is -1.61. The lowest BCUT2D eigenvalue weighted by atomic mass is 10.3. The maximum atomic E-state index is 12.3. The first-order valence-corrected chi connectivity index (χ1v) is 7.66. The molecule has 0 aliphatic rings. The summed E-state index contributed by atoms with van der Waals surface area (Å²) in [5.74, 6) is -0.391. The van der Waals surface area contributed by atoms with Crippen molar-refractivity contribution in [2.75, 3.05) is 19.3 Å². The molecule has 0 radical (unpaired) electrons. The fourth-order valence-corrected chi connectivity index (χ4v) is 3.30. The van der Waals surface area contributed by atoms with E-state index in [4.69, 9.17) is 5.73 Å². The summed E-state index contributed by atoms with van der Waals surface area (Å²) in [6.07, 6.45) is 0. The van der Waals surface area contributed by atoms with Crippen LogP contribution in [0.3, 0.4) is 0 Å². The van der Waals surface area contributed by atoms with Crippen LogP contribution in [0.4, 0.5) is 5.82 Å². The van der Waals surface area contributed by atoms with Gasteiger partial charge in [-0.1, -0.05) is 0 Å². The normalized spacial score (nSPS) is 13.2. The number of nitrogen functional groups attached to an aromatic ring is 1. The van der Waals surface area contributed by atoms with Gasteiger partial charge in [0.15, 0.2) is 5.82 Å². The fourth-order valence-electron chi connectivity index (χ4n) is 1.77. The fraction of sp³-hybridized carbons (Fsp3) is 0.636. The minimum absolute atomic E-state index is 0.0824. The number of nitrogens with two attached hydrogens (primary N) is 1. The van der Waals surface area contributed by atoms with E-state index in [2.05, 4.69) is 9.82 Å². The number of nitrogens with one attached hydrogen (secondary N) is 1. The summed E-state index contributed by atoms with van der Waals surface area (Å²) in [5, 5.41) is 3.86. The quantitative estimate of drug-likeness (QED) is 0.758. The number of hydrogen-bond acceptors (Lipinski definition) is 5. The van der Waals surface area contributed by atoms with Gasteiger partial charge in [-0.15, -0.1) is 0 Å². The van der Waals surface area contributed by atoms with Crippen molar-refractivity contribution in [3.63, 3.8) is 0 Å². The molecule has 1 unspecified atom stereocenters. The van der Waals surface area contributed by atoms with E-state index in [-0.39, 0.29) is 16.6 Å². The summed E-state index contributed by atoms with van der Waals surface area (Å²) in [7, 11) is -0.683. The van der Waals surface area contributed by atoms with Gasteiger partial charge in [-0.25, -0.2) is 8.42 Å². The van der Waals surface area contributed by atoms with Gasteiger partial charge in [0.05, 0.1) is 11.7 Å². The van der Waals surface area contributed by atoms with Crippen molar-refractivity contribution < 1.29 is 13.2 Å². The minimum Gasteiger partial charge on any atom is -0.381 e. The van der Waals surface area contributed by atoms with Crippen LogP contribution in [0.1, 0.15) is 19.5 Å². The smallest absolute Gasteiger partial charge is 0.246 e. The first-order valence-electron chi connectivity index (χ1n) is 6.18. The third kappa shape index (κ3) is 3.10. The number of aromatic nitrogens is 2. The summed E-state index contributed by atoms with van der Waals surface area (Å²) >= 11 is 0. The Morgan fingerprint density at radius 1 is 1.55 bits per heavy atom. The SMILES string of the molecule is CCN(C)C(=O)C(C)NS(=O)(=O)c1c(N)nn(C)c1C. The standard InChI is InChI=1S/C11H21N5O3S/c1-6-15(4)11(17)7(2)14-20(18,19)9-8(3)16(5)13-10(9)12/h7,14H,6H2,1-5H3,(H2,12,13). The van der Waals surface area contributed by atoms with E-state index in [9.17, 15) is 13.2 Å². The Morgan fingerprint density at radius 3 is 2.50 bits per heavy atom. The van der Waals surface area contributed by atoms with Crippen molar-refractivity contribution in [1.29, 1.82) is 0 Å². The molecule has 0 aromatic carbocycles. The van der Waals surface area contributed by atoms with E-state index in [1.807, 2.05) is 6.92 Å². The van der Waals surface area contributed by atoms with Gasteiger partial charge in [-0.3, -0.25) is 9.48 Å². The summed E-state index contributed by atoms with van der Waals surface area (Å²) in [6, 6.07) is -0.871. The Morgan fingerprint density at radius 2 is 2.10 bits per heavy atom. The van der Waals surface area contributed by atoms with E-state index >= 15 is 0 Å². The second-order valence-corrected chi connectivity index (χ2v) is 6.27. The van der Waals surface area contributed by atoms with E-state index < -0.39 is 16.1 Å². The molecular weight excluding hydrogens is 282 g/mol. The van der Waals surface area contributed by atoms with Crippen molar-refractivity contribution in [3.8, 4) is 0 Å². The van der Waals surface area contributed by atoms with Crippen LogP contribution >= 0.6 is 0 Å². The number of likely N-dealkylation sites (N-methyl/N-ethyl adjacent to an activating group) is 1. The van der Waals surface area contributed by atoms with Crippen LogP contribution in [0.2, 0.25) is 0 Å². The van der Waals surface area contributed by atoms with Gasteiger partial charge < -0.3 is 10.6 Å². The lowest BCUT2D eigenvalue weighted by molar-refractivity contribution is -0.131. The summed E-state index contributed by atoms with van der Waals surface area (Å²) in [4.78, 5) is 13.3. The molecule has 3 N–H and O–H groups in total. The van der Waals surface area contributed by atoms with Crippen LogP contribution in [-0.4, -0.2) is 48.6 Å². The third-order valence-electron chi connectivity index (χ3n) is 3.13. The largest absolute Gasteiger partial charge is 0.381 e. The lowest BCUT2D eigenvalue weighted by Crippen LogP contribution is -2.45. The van der Waals surface area contributed by atoms with Crippen molar-refractivity contribution >= 4 is 21.7 Å². The van der Waals surface area contributed by atoms with Crippen LogP contribution in [0.5, 0.6) is 0 Å². The number of anilines is 1. The molecule has 1 rings (SSSR count). The second-order valence-electron chi connectivity index (χ2n) is 4.62. The van der Waals surface area contributed by atoms with Gasteiger partial charge in [0.2, 0.25) is 15.9 Å². The van der Waals surface area contributed by atoms with Crippen molar-refractivity contribution in [3.05, 3.63) is 5.69 Å². The van der Waals surface area contributed by atoms with E-state index in [1.165, 1.54) is 16.5 Å². The number of aryl methyl sites for hydroxylation is 1. The Balaban J connectivity index is 3.04. The molecule has 1 amide bonds. The predicted molar refractivity (Wildman–Crippen MR) is 75.5 cm³/mol. The van der Waals surface area contributed by atoms with Crippen LogP contribution in [-0.2, 0) is 21.9 Å². The zero-order valence-electron chi connectivity index (χ0n) is 12.3. The first kappa shape index (κ1) is 16.4. The summed E-state index contributed by atoms with van der Waals surface area (Å²) < 4.78 is 28.3. The van der Waals surface area contributed by atoms with E-state index in [0.717, 1.165) is 0 Å². The molecule has 1 aromatic heterocycles. The highest BCUT2D eigenvalue weighted by molar-refractivity contribution is 7.89. The highest BCUT2D eigenvalue weighted by atomic mass is 32.2. The molecule has 0 aliphatic heterocycles. The Labute approximate surface area is 119 Å². The van der Waals surface area contributed by atoms with Crippen LogP contribution < -0.4 is 10.5 Å². The number of hydrogen-bond donors (Lipinski definition) is 2. The highest BCUT2D eigenvalue weighted by Gasteiger charge is 2.29. The molecule has 0 bridgehead atoms. The van der Waals surface area contributed by atoms with Gasteiger partial charge in [0.25, 0.3) is 0 Å². The van der Waals surface area contributed by atoms with Gasteiger partial charge in [-0.05, 0) is 20.8 Å². The van der Waals surface area contributed by atoms with Crippen molar-refractivity contribution in [2.24, 2.45) is 7.05 Å². The first-order chi connectivity index (χ1) is 9.11. The molecule has 0 saturated carbocycles. The molecular formula is C11H21N5O3S. The summed E-state index contributed by atoms with van der Waals surface area (Å²) in [6.45, 7) is 5.40. The average molecular weight is 303 g/mol. The molecule has 1 atom stereocenters. The molecule has 0 saturated heterocycles. The zero-order valence-corrected chi connectivity index (χ0v) is 13.2. The number of nitrogens with zero attached hydrogens (tertiary/aromatic N) is 3. The maximum absolute atomic E-state index is 12.3. The Bertz CT molecular complexity index is 608. The monoisotopic (exact) mass is 303 g/mol.